The fourth-order valence-corrected chi connectivity index (χ4v) is 3.97. The Morgan fingerprint density at radius 3 is 2.58 bits per heavy atom. The van der Waals surface area contributed by atoms with E-state index in [-0.39, 0.29) is 11.4 Å². The van der Waals surface area contributed by atoms with Crippen LogP contribution in [-0.2, 0) is 14.8 Å². The third-order valence-corrected chi connectivity index (χ3v) is 5.90. The van der Waals surface area contributed by atoms with Crippen molar-refractivity contribution in [3.63, 3.8) is 0 Å². The molecule has 2 aromatic carbocycles. The summed E-state index contributed by atoms with van der Waals surface area (Å²) < 4.78 is 32.6. The third kappa shape index (κ3) is 3.89. The van der Waals surface area contributed by atoms with Gasteiger partial charge < -0.3 is 4.74 Å². The largest absolute Gasteiger partial charge is 0.443 e. The summed E-state index contributed by atoms with van der Waals surface area (Å²) in [5, 5.41) is 0. The third-order valence-electron chi connectivity index (χ3n) is 4.48. The number of amides is 1. The van der Waals surface area contributed by atoms with Crippen molar-refractivity contribution in [3.8, 4) is 0 Å². The quantitative estimate of drug-likeness (QED) is 0.873. The van der Waals surface area contributed by atoms with Gasteiger partial charge in [0.2, 0.25) is 10.0 Å². The summed E-state index contributed by atoms with van der Waals surface area (Å²) in [5.41, 5.74) is 3.84. The molecule has 1 fully saturated rings. The van der Waals surface area contributed by atoms with Gasteiger partial charge in [-0.2, -0.15) is 0 Å². The molecular formula is C19H22N2O4S. The van der Waals surface area contributed by atoms with Gasteiger partial charge in [-0.25, -0.2) is 17.9 Å². The van der Waals surface area contributed by atoms with Crippen LogP contribution in [-0.4, -0.2) is 33.7 Å². The summed E-state index contributed by atoms with van der Waals surface area (Å²) in [7, 11) is -3.64. The molecule has 0 bridgehead atoms. The van der Waals surface area contributed by atoms with Gasteiger partial charge in [0.05, 0.1) is 11.4 Å². The van der Waals surface area contributed by atoms with E-state index in [9.17, 15) is 13.2 Å². The molecule has 1 aliphatic rings. The molecule has 1 aliphatic heterocycles. The van der Waals surface area contributed by atoms with E-state index in [0.29, 0.717) is 6.54 Å². The highest BCUT2D eigenvalue weighted by molar-refractivity contribution is 7.89. The Balaban J connectivity index is 1.67. The molecule has 0 aromatic heterocycles. The Hall–Kier alpha value is -2.38. The lowest BCUT2D eigenvalue weighted by Crippen LogP contribution is -2.34. The summed E-state index contributed by atoms with van der Waals surface area (Å²) in [4.78, 5) is 13.9. The maximum Gasteiger partial charge on any atom is 0.414 e. The van der Waals surface area contributed by atoms with Crippen molar-refractivity contribution < 1.29 is 17.9 Å². The van der Waals surface area contributed by atoms with Crippen molar-refractivity contribution in [2.45, 2.75) is 31.8 Å². The molecule has 1 unspecified atom stereocenters. The van der Waals surface area contributed by atoms with Crippen LogP contribution in [0.4, 0.5) is 10.5 Å². The number of benzene rings is 2. The number of carbonyl (C=O) groups is 1. The fraction of sp³-hybridized carbons (Fsp3) is 0.316. The molecule has 26 heavy (non-hydrogen) atoms. The van der Waals surface area contributed by atoms with Crippen molar-refractivity contribution in [3.05, 3.63) is 59.2 Å². The summed E-state index contributed by atoms with van der Waals surface area (Å²) in [6.07, 6.45) is -1.00. The molecule has 6 nitrogen and oxygen atoms in total. The average molecular weight is 374 g/mol. The second kappa shape index (κ2) is 7.09. The van der Waals surface area contributed by atoms with Gasteiger partial charge in [0, 0.05) is 12.2 Å². The monoisotopic (exact) mass is 374 g/mol. The van der Waals surface area contributed by atoms with Gasteiger partial charge >= 0.3 is 6.09 Å². The minimum Gasteiger partial charge on any atom is -0.443 e. The highest BCUT2D eigenvalue weighted by atomic mass is 32.2. The van der Waals surface area contributed by atoms with Crippen LogP contribution < -0.4 is 9.62 Å². The first-order valence-electron chi connectivity index (χ1n) is 8.38. The van der Waals surface area contributed by atoms with E-state index < -0.39 is 22.2 Å². The Kier molecular flexibility index (Phi) is 5.02. The minimum absolute atomic E-state index is 0.0311. The lowest BCUT2D eigenvalue weighted by Gasteiger charge is -2.14. The first-order valence-corrected chi connectivity index (χ1v) is 9.86. The van der Waals surface area contributed by atoms with Crippen molar-refractivity contribution in [1.29, 1.82) is 0 Å². The highest BCUT2D eigenvalue weighted by Crippen LogP contribution is 2.24. The van der Waals surface area contributed by atoms with Crippen molar-refractivity contribution in [2.24, 2.45) is 0 Å². The van der Waals surface area contributed by atoms with Gasteiger partial charge in [0.25, 0.3) is 0 Å². The number of aryl methyl sites for hydroxylation is 3. The molecule has 1 amide bonds. The zero-order valence-corrected chi connectivity index (χ0v) is 15.8. The van der Waals surface area contributed by atoms with Crippen molar-refractivity contribution in [2.75, 3.05) is 18.0 Å². The van der Waals surface area contributed by atoms with Gasteiger partial charge in [-0.1, -0.05) is 18.2 Å². The molecule has 1 N–H and O–H groups in total. The van der Waals surface area contributed by atoms with E-state index >= 15 is 0 Å². The predicted molar refractivity (Wildman–Crippen MR) is 99.9 cm³/mol. The number of sulfonamides is 1. The summed E-state index contributed by atoms with van der Waals surface area (Å²) in [6, 6.07) is 12.4. The lowest BCUT2D eigenvalue weighted by molar-refractivity contribution is 0.143. The van der Waals surface area contributed by atoms with Crippen LogP contribution in [0.15, 0.2) is 47.4 Å². The standard InChI is InChI=1S/C19H22N2O4S/c1-13-5-4-6-18(9-13)26(23,24)20-11-17-12-21(19(22)25-17)16-8-7-14(2)15(3)10-16/h4-10,17,20H,11-12H2,1-3H3. The molecule has 1 saturated heterocycles. The van der Waals surface area contributed by atoms with E-state index in [1.165, 1.54) is 11.0 Å². The van der Waals surface area contributed by atoms with Crippen LogP contribution in [0.25, 0.3) is 0 Å². The summed E-state index contributed by atoms with van der Waals surface area (Å²) >= 11 is 0. The van der Waals surface area contributed by atoms with Gasteiger partial charge in [-0.3, -0.25) is 4.90 Å². The molecule has 7 heteroatoms. The number of rotatable bonds is 5. The molecule has 0 spiro atoms. The molecule has 138 valence electrons. The van der Waals surface area contributed by atoms with E-state index in [1.54, 1.807) is 12.1 Å². The Morgan fingerprint density at radius 1 is 1.12 bits per heavy atom. The molecule has 0 aliphatic carbocycles. The Bertz CT molecular complexity index is 940. The van der Waals surface area contributed by atoms with Crippen LogP contribution in [0.3, 0.4) is 0 Å². The average Bonchev–Trinajstić information content (AvgIpc) is 2.97. The van der Waals surface area contributed by atoms with E-state index in [0.717, 1.165) is 22.4 Å². The number of nitrogens with one attached hydrogen (secondary N) is 1. The maximum absolute atomic E-state index is 12.4. The van der Waals surface area contributed by atoms with E-state index in [2.05, 4.69) is 4.72 Å². The molecule has 2 aromatic rings. The minimum atomic E-state index is -3.64. The number of ether oxygens (including phenoxy) is 1. The number of hydrogen-bond acceptors (Lipinski definition) is 4. The topological polar surface area (TPSA) is 75.7 Å². The first kappa shape index (κ1) is 18.4. The zero-order valence-electron chi connectivity index (χ0n) is 15.0. The second-order valence-corrected chi connectivity index (χ2v) is 8.32. The molecule has 1 atom stereocenters. The SMILES string of the molecule is Cc1cccc(S(=O)(=O)NCC2CN(c3ccc(C)c(C)c3)C(=O)O2)c1. The summed E-state index contributed by atoms with van der Waals surface area (Å²) in [5.74, 6) is 0. The molecule has 0 radical (unpaired) electrons. The number of anilines is 1. The smallest absolute Gasteiger partial charge is 0.414 e. The van der Waals surface area contributed by atoms with Crippen LogP contribution in [0.2, 0.25) is 0 Å². The normalized spacial score (nSPS) is 17.4. The van der Waals surface area contributed by atoms with Crippen LogP contribution >= 0.6 is 0 Å². The Morgan fingerprint density at radius 2 is 1.88 bits per heavy atom. The van der Waals surface area contributed by atoms with Crippen molar-refractivity contribution >= 4 is 21.8 Å². The number of nitrogens with zero attached hydrogens (tertiary/aromatic N) is 1. The van der Waals surface area contributed by atoms with Gasteiger partial charge in [-0.15, -0.1) is 0 Å². The zero-order chi connectivity index (χ0) is 18.9. The highest BCUT2D eigenvalue weighted by Gasteiger charge is 2.33. The van der Waals surface area contributed by atoms with Crippen LogP contribution in [0.5, 0.6) is 0 Å². The maximum atomic E-state index is 12.4. The predicted octanol–water partition coefficient (Wildman–Crippen LogP) is 2.92. The number of cyclic esters (lactones) is 1. The lowest BCUT2D eigenvalue weighted by atomic mass is 10.1. The number of hydrogen-bond donors (Lipinski definition) is 1. The summed E-state index contributed by atoms with van der Waals surface area (Å²) in [6.45, 7) is 6.15. The van der Waals surface area contributed by atoms with E-state index in [4.69, 9.17) is 4.74 Å². The fourth-order valence-electron chi connectivity index (χ4n) is 2.80. The molecule has 1 heterocycles. The molecule has 3 rings (SSSR count). The Labute approximate surface area is 153 Å². The second-order valence-electron chi connectivity index (χ2n) is 6.55. The van der Waals surface area contributed by atoms with Gasteiger partial charge in [0.15, 0.2) is 0 Å². The van der Waals surface area contributed by atoms with E-state index in [1.807, 2.05) is 45.0 Å². The molecular weight excluding hydrogens is 352 g/mol. The molecule has 0 saturated carbocycles. The van der Waals surface area contributed by atoms with Crippen LogP contribution in [0.1, 0.15) is 16.7 Å². The van der Waals surface area contributed by atoms with Crippen LogP contribution in [0, 0.1) is 20.8 Å². The first-order chi connectivity index (χ1) is 12.3. The number of carbonyl (C=O) groups excluding carboxylic acids is 1. The van der Waals surface area contributed by atoms with Gasteiger partial charge in [0.1, 0.15) is 6.10 Å². The van der Waals surface area contributed by atoms with Gasteiger partial charge in [-0.05, 0) is 61.7 Å². The van der Waals surface area contributed by atoms with Crippen molar-refractivity contribution in [1.82, 2.24) is 4.72 Å².